The van der Waals surface area contributed by atoms with Crippen molar-refractivity contribution in [3.05, 3.63) is 0 Å². The van der Waals surface area contributed by atoms with Crippen LogP contribution < -0.4 is 0 Å². The van der Waals surface area contributed by atoms with Gasteiger partial charge in [-0.15, -0.1) is 0 Å². The summed E-state index contributed by atoms with van der Waals surface area (Å²) in [5, 5.41) is 0. The molecule has 9 unspecified atom stereocenters. The van der Waals surface area contributed by atoms with E-state index in [1.807, 2.05) is 6.92 Å². The third-order valence-electron chi connectivity index (χ3n) is 12.9. The van der Waals surface area contributed by atoms with Crippen molar-refractivity contribution in [1.29, 1.82) is 0 Å². The van der Waals surface area contributed by atoms with E-state index >= 15 is 0 Å². The van der Waals surface area contributed by atoms with Crippen molar-refractivity contribution in [2.45, 2.75) is 130 Å². The molecule has 2 aliphatic heterocycles. The zero-order chi connectivity index (χ0) is 24.6. The lowest BCUT2D eigenvalue weighted by Gasteiger charge is -2.61. The third kappa shape index (κ3) is 3.62. The van der Waals surface area contributed by atoms with Crippen LogP contribution in [0, 0.1) is 52.3 Å². The summed E-state index contributed by atoms with van der Waals surface area (Å²) in [7, 11) is 0. The summed E-state index contributed by atoms with van der Waals surface area (Å²) in [6, 6.07) is 0. The number of carbonyl (C=O) groups excluding carboxylic acids is 1. The summed E-state index contributed by atoms with van der Waals surface area (Å²) in [5.41, 5.74) is 0.823. The van der Waals surface area contributed by atoms with Crippen LogP contribution in [0.15, 0.2) is 0 Å². The van der Waals surface area contributed by atoms with Crippen LogP contribution in [0.4, 0.5) is 0 Å². The second-order valence-electron chi connectivity index (χ2n) is 14.2. The smallest absolute Gasteiger partial charge is 0.308 e. The van der Waals surface area contributed by atoms with E-state index < -0.39 is 0 Å². The highest BCUT2D eigenvalue weighted by Gasteiger charge is 2.69. The fourth-order valence-corrected chi connectivity index (χ4v) is 10.7. The third-order valence-corrected chi connectivity index (χ3v) is 12.9. The Morgan fingerprint density at radius 3 is 2.54 bits per heavy atom. The molecule has 2 heterocycles. The molecule has 4 nitrogen and oxygen atoms in total. The van der Waals surface area contributed by atoms with Crippen LogP contribution in [0.3, 0.4) is 0 Å². The number of esters is 1. The maximum Gasteiger partial charge on any atom is 0.308 e. The summed E-state index contributed by atoms with van der Waals surface area (Å²) >= 11 is 0. The van der Waals surface area contributed by atoms with Crippen LogP contribution in [-0.2, 0) is 19.0 Å². The number of ether oxygens (including phenoxy) is 3. The predicted molar refractivity (Wildman–Crippen MR) is 137 cm³/mol. The van der Waals surface area contributed by atoms with Gasteiger partial charge in [0.1, 0.15) is 6.10 Å². The lowest BCUT2D eigenvalue weighted by atomic mass is 9.44. The standard InChI is InChI=1S/C31H50O4/c1-6-19(2)28(32)34-22-11-14-29(4)21(17-22)9-10-23-24(29)12-15-30(5)25(23)18-26-27(30)20(3)31(35-26)13-7-8-16-33-31/h19-27H,6-18H2,1-5H3/t19?,20-,21?,22-,23?,24?,25?,26?,27?,29?,30?,31+/m0/s1. The van der Waals surface area contributed by atoms with E-state index in [1.54, 1.807) is 0 Å². The van der Waals surface area contributed by atoms with Crippen molar-refractivity contribution in [3.8, 4) is 0 Å². The Balaban J connectivity index is 1.17. The Morgan fingerprint density at radius 1 is 1.00 bits per heavy atom. The zero-order valence-corrected chi connectivity index (χ0v) is 23.0. The van der Waals surface area contributed by atoms with E-state index in [1.165, 1.54) is 51.4 Å². The normalized spacial score (nSPS) is 53.9. The molecule has 2 saturated heterocycles. The summed E-state index contributed by atoms with van der Waals surface area (Å²) in [6.45, 7) is 12.7. The first kappa shape index (κ1) is 24.7. The van der Waals surface area contributed by atoms with Gasteiger partial charge in [0.2, 0.25) is 0 Å². The number of fused-ring (bicyclic) bond motifs is 7. The molecule has 4 aliphatic carbocycles. The molecular formula is C31H50O4. The Kier molecular flexibility index (Phi) is 6.15. The van der Waals surface area contributed by atoms with E-state index in [9.17, 15) is 4.79 Å². The van der Waals surface area contributed by atoms with Crippen molar-refractivity contribution in [3.63, 3.8) is 0 Å². The van der Waals surface area contributed by atoms with E-state index in [2.05, 4.69) is 27.7 Å². The van der Waals surface area contributed by atoms with Crippen LogP contribution in [0.25, 0.3) is 0 Å². The molecule has 0 aromatic carbocycles. The molecule has 0 N–H and O–H groups in total. The quantitative estimate of drug-likeness (QED) is 0.398. The van der Waals surface area contributed by atoms with Gasteiger partial charge in [-0.05, 0) is 111 Å². The summed E-state index contributed by atoms with van der Waals surface area (Å²) < 4.78 is 19.3. The molecule has 198 valence electrons. The van der Waals surface area contributed by atoms with Gasteiger partial charge in [-0.3, -0.25) is 4.79 Å². The van der Waals surface area contributed by atoms with E-state index in [0.717, 1.165) is 50.0 Å². The molecule has 6 rings (SSSR count). The highest BCUT2D eigenvalue weighted by atomic mass is 16.7. The van der Waals surface area contributed by atoms with E-state index in [4.69, 9.17) is 14.2 Å². The minimum absolute atomic E-state index is 0.0227. The fraction of sp³-hybridized carbons (Fsp3) is 0.968. The highest BCUT2D eigenvalue weighted by Crippen LogP contribution is 2.71. The van der Waals surface area contributed by atoms with E-state index in [-0.39, 0.29) is 23.8 Å². The minimum Gasteiger partial charge on any atom is -0.462 e. The van der Waals surface area contributed by atoms with Gasteiger partial charge in [0.25, 0.3) is 0 Å². The molecule has 0 aromatic rings. The average molecular weight is 487 g/mol. The number of hydrogen-bond donors (Lipinski definition) is 0. The largest absolute Gasteiger partial charge is 0.462 e. The molecule has 1 spiro atoms. The molecule has 6 fully saturated rings. The van der Waals surface area contributed by atoms with Gasteiger partial charge in [0, 0.05) is 12.3 Å². The first-order valence-corrected chi connectivity index (χ1v) is 15.2. The van der Waals surface area contributed by atoms with Crippen molar-refractivity contribution in [1.82, 2.24) is 0 Å². The highest BCUT2D eigenvalue weighted by molar-refractivity contribution is 5.72. The first-order valence-electron chi connectivity index (χ1n) is 15.2. The molecule has 12 atom stereocenters. The zero-order valence-electron chi connectivity index (χ0n) is 23.0. The summed E-state index contributed by atoms with van der Waals surface area (Å²) in [5.74, 6) is 4.14. The lowest BCUT2D eigenvalue weighted by molar-refractivity contribution is -0.265. The van der Waals surface area contributed by atoms with Gasteiger partial charge in [-0.25, -0.2) is 0 Å². The van der Waals surface area contributed by atoms with Crippen LogP contribution in [0.5, 0.6) is 0 Å². The van der Waals surface area contributed by atoms with Gasteiger partial charge in [0.15, 0.2) is 5.79 Å². The average Bonchev–Trinajstić information content (AvgIpc) is 3.29. The minimum atomic E-state index is -0.285. The Morgan fingerprint density at radius 2 is 1.80 bits per heavy atom. The SMILES string of the molecule is CCC(C)C(=O)O[C@H]1CCC2(C)C(CCC3C2CCC2(C)C3CC3O[C@]4(CCCCO4)[C@@H](C)C32)C1. The number of carbonyl (C=O) groups is 1. The van der Waals surface area contributed by atoms with Crippen molar-refractivity contribution >= 4 is 5.97 Å². The molecule has 0 amide bonds. The lowest BCUT2D eigenvalue weighted by Crippen LogP contribution is -2.55. The molecule has 35 heavy (non-hydrogen) atoms. The van der Waals surface area contributed by atoms with Crippen molar-refractivity contribution in [2.24, 2.45) is 52.3 Å². The van der Waals surface area contributed by atoms with Crippen LogP contribution in [0.1, 0.15) is 112 Å². The Hall–Kier alpha value is -0.610. The van der Waals surface area contributed by atoms with Crippen molar-refractivity contribution in [2.75, 3.05) is 6.61 Å². The summed E-state index contributed by atoms with van der Waals surface area (Å²) in [4.78, 5) is 12.5. The topological polar surface area (TPSA) is 44.8 Å². The second-order valence-corrected chi connectivity index (χ2v) is 14.2. The molecule has 0 aromatic heterocycles. The number of rotatable bonds is 3. The van der Waals surface area contributed by atoms with Crippen LogP contribution >= 0.6 is 0 Å². The number of hydrogen-bond acceptors (Lipinski definition) is 4. The predicted octanol–water partition coefficient (Wildman–Crippen LogP) is 7.14. The van der Waals surface area contributed by atoms with Gasteiger partial charge in [-0.2, -0.15) is 0 Å². The first-order chi connectivity index (χ1) is 16.7. The Labute approximate surface area is 213 Å². The van der Waals surface area contributed by atoms with Crippen molar-refractivity contribution < 1.29 is 19.0 Å². The monoisotopic (exact) mass is 486 g/mol. The molecular weight excluding hydrogens is 436 g/mol. The van der Waals surface area contributed by atoms with Gasteiger partial charge in [-0.1, -0.05) is 34.6 Å². The molecule has 4 saturated carbocycles. The summed E-state index contributed by atoms with van der Waals surface area (Å²) in [6.07, 6.45) is 15.0. The molecule has 6 aliphatic rings. The van der Waals surface area contributed by atoms with Gasteiger partial charge < -0.3 is 14.2 Å². The van der Waals surface area contributed by atoms with Gasteiger partial charge in [0.05, 0.1) is 18.6 Å². The molecule has 4 heteroatoms. The molecule has 0 radical (unpaired) electrons. The maximum atomic E-state index is 12.5. The second kappa shape index (κ2) is 8.72. The fourth-order valence-electron chi connectivity index (χ4n) is 10.7. The van der Waals surface area contributed by atoms with Gasteiger partial charge >= 0.3 is 5.97 Å². The van der Waals surface area contributed by atoms with E-state index in [0.29, 0.717) is 34.7 Å². The van der Waals surface area contributed by atoms with Crippen LogP contribution in [0.2, 0.25) is 0 Å². The maximum absolute atomic E-state index is 12.5. The Bertz CT molecular complexity index is 819. The van der Waals surface area contributed by atoms with Crippen LogP contribution in [-0.4, -0.2) is 30.6 Å². The molecule has 0 bridgehead atoms.